The lowest BCUT2D eigenvalue weighted by Gasteiger charge is -2.06. The number of benzene rings is 1. The predicted octanol–water partition coefficient (Wildman–Crippen LogP) is 2.28. The molecule has 0 unspecified atom stereocenters. The van der Waals surface area contributed by atoms with Crippen LogP contribution in [0.1, 0.15) is 0 Å². The van der Waals surface area contributed by atoms with Crippen molar-refractivity contribution in [3.63, 3.8) is 0 Å². The zero-order valence-electron chi connectivity index (χ0n) is 9.46. The zero-order valence-corrected chi connectivity index (χ0v) is 11.0. The normalized spacial score (nSPS) is 11.2. The molecule has 0 spiro atoms. The second kappa shape index (κ2) is 4.91. The number of hydrogen-bond donors (Lipinski definition) is 1. The molecule has 0 aliphatic carbocycles. The Labute approximate surface area is 110 Å². The summed E-state index contributed by atoms with van der Waals surface area (Å²) in [6, 6.07) is 7.96. The van der Waals surface area contributed by atoms with Gasteiger partial charge >= 0.3 is 0 Å². The summed E-state index contributed by atoms with van der Waals surface area (Å²) in [5.74, 6) is 0.313. The van der Waals surface area contributed by atoms with Gasteiger partial charge in [-0.3, -0.25) is 0 Å². The van der Waals surface area contributed by atoms with Gasteiger partial charge in [0.25, 0.3) is 0 Å². The van der Waals surface area contributed by atoms with Crippen LogP contribution in [0.2, 0.25) is 5.15 Å². The molecule has 0 aliphatic rings. The van der Waals surface area contributed by atoms with Gasteiger partial charge in [-0.15, -0.1) is 0 Å². The van der Waals surface area contributed by atoms with Crippen LogP contribution in [0, 0.1) is 0 Å². The molecule has 2 aromatic rings. The Morgan fingerprint density at radius 3 is 2.72 bits per heavy atom. The van der Waals surface area contributed by atoms with E-state index in [4.69, 9.17) is 11.6 Å². The number of hydrogen-bond acceptors (Lipinski definition) is 5. The summed E-state index contributed by atoms with van der Waals surface area (Å²) in [5.41, 5.74) is 0.584. The van der Waals surface area contributed by atoms with Crippen LogP contribution in [0.3, 0.4) is 0 Å². The van der Waals surface area contributed by atoms with E-state index in [-0.39, 0.29) is 4.90 Å². The smallest absolute Gasteiger partial charge is 0.228 e. The monoisotopic (exact) mass is 283 g/mol. The van der Waals surface area contributed by atoms with Gasteiger partial charge < -0.3 is 5.32 Å². The van der Waals surface area contributed by atoms with Crippen molar-refractivity contribution in [1.29, 1.82) is 0 Å². The second-order valence-corrected chi connectivity index (χ2v) is 6.03. The minimum atomic E-state index is -3.23. The fraction of sp³-hybridized carbons (Fsp3) is 0.0909. The highest BCUT2D eigenvalue weighted by atomic mass is 35.5. The Morgan fingerprint density at radius 2 is 2.06 bits per heavy atom. The van der Waals surface area contributed by atoms with Gasteiger partial charge in [-0.1, -0.05) is 17.7 Å². The molecule has 0 saturated carbocycles. The standard InChI is InChI=1S/C11H10ClN3O2S/c1-18(16,17)9-4-2-3-8(7-9)14-11-13-6-5-10(12)15-11/h2-7H,1H3,(H,13,14,15). The molecule has 1 N–H and O–H groups in total. The van der Waals surface area contributed by atoms with Crippen molar-refractivity contribution >= 4 is 33.1 Å². The Morgan fingerprint density at radius 1 is 1.28 bits per heavy atom. The zero-order chi connectivity index (χ0) is 13.2. The SMILES string of the molecule is CS(=O)(=O)c1cccc(Nc2nccc(Cl)n2)c1. The summed E-state index contributed by atoms with van der Waals surface area (Å²) in [6.45, 7) is 0. The second-order valence-electron chi connectivity index (χ2n) is 3.63. The molecule has 0 bridgehead atoms. The quantitative estimate of drug-likeness (QED) is 0.875. The lowest BCUT2D eigenvalue weighted by molar-refractivity contribution is 0.602. The summed E-state index contributed by atoms with van der Waals surface area (Å²) in [5, 5.41) is 3.20. The maximum absolute atomic E-state index is 11.4. The minimum absolute atomic E-state index is 0.231. The van der Waals surface area contributed by atoms with Crippen molar-refractivity contribution in [1.82, 2.24) is 9.97 Å². The van der Waals surface area contributed by atoms with E-state index in [2.05, 4.69) is 15.3 Å². The van der Waals surface area contributed by atoms with E-state index in [1.54, 1.807) is 18.2 Å². The van der Waals surface area contributed by atoms with E-state index in [1.807, 2.05) is 0 Å². The largest absolute Gasteiger partial charge is 0.324 e. The minimum Gasteiger partial charge on any atom is -0.324 e. The fourth-order valence-electron chi connectivity index (χ4n) is 1.33. The summed E-state index contributed by atoms with van der Waals surface area (Å²) < 4.78 is 22.8. The highest BCUT2D eigenvalue weighted by Crippen LogP contribution is 2.18. The number of nitrogens with one attached hydrogen (secondary N) is 1. The molecule has 0 radical (unpaired) electrons. The van der Waals surface area contributed by atoms with Crippen LogP contribution in [0.4, 0.5) is 11.6 Å². The van der Waals surface area contributed by atoms with Crippen LogP contribution >= 0.6 is 11.6 Å². The van der Waals surface area contributed by atoms with E-state index < -0.39 is 9.84 Å². The molecule has 1 aromatic heterocycles. The molecule has 2 rings (SSSR count). The molecule has 5 nitrogen and oxygen atoms in total. The van der Waals surface area contributed by atoms with Gasteiger partial charge in [0.2, 0.25) is 5.95 Å². The molecule has 0 amide bonds. The first-order valence-corrected chi connectivity index (χ1v) is 7.28. The average molecular weight is 284 g/mol. The Hall–Kier alpha value is -1.66. The Bertz CT molecular complexity index is 673. The van der Waals surface area contributed by atoms with Crippen LogP contribution in [-0.2, 0) is 9.84 Å². The summed E-state index contributed by atoms with van der Waals surface area (Å²) >= 11 is 5.73. The van der Waals surface area contributed by atoms with Crippen LogP contribution in [0.5, 0.6) is 0 Å². The van der Waals surface area contributed by atoms with Crippen LogP contribution in [0.15, 0.2) is 41.4 Å². The molecular formula is C11H10ClN3O2S. The predicted molar refractivity (Wildman–Crippen MR) is 69.9 cm³/mol. The number of halogens is 1. The molecule has 94 valence electrons. The number of sulfone groups is 1. The van der Waals surface area contributed by atoms with E-state index in [1.165, 1.54) is 18.3 Å². The maximum Gasteiger partial charge on any atom is 0.228 e. The van der Waals surface area contributed by atoms with Gasteiger partial charge in [0.15, 0.2) is 9.84 Å². The van der Waals surface area contributed by atoms with E-state index >= 15 is 0 Å². The van der Waals surface area contributed by atoms with Crippen LogP contribution in [0.25, 0.3) is 0 Å². The van der Waals surface area contributed by atoms with Crippen LogP contribution in [-0.4, -0.2) is 24.6 Å². The summed E-state index contributed by atoms with van der Waals surface area (Å²) in [4.78, 5) is 8.16. The topological polar surface area (TPSA) is 72.0 Å². The van der Waals surface area contributed by atoms with Crippen molar-refractivity contribution in [2.75, 3.05) is 11.6 Å². The van der Waals surface area contributed by atoms with Gasteiger partial charge in [0.05, 0.1) is 4.90 Å². The lowest BCUT2D eigenvalue weighted by atomic mass is 10.3. The first-order valence-electron chi connectivity index (χ1n) is 5.01. The highest BCUT2D eigenvalue weighted by Gasteiger charge is 2.07. The fourth-order valence-corrected chi connectivity index (χ4v) is 2.13. The average Bonchev–Trinajstić information content (AvgIpc) is 2.28. The summed E-state index contributed by atoms with van der Waals surface area (Å²) in [7, 11) is -3.23. The van der Waals surface area contributed by atoms with Gasteiger partial charge in [-0.25, -0.2) is 18.4 Å². The van der Waals surface area contributed by atoms with E-state index in [0.29, 0.717) is 16.8 Å². The maximum atomic E-state index is 11.4. The van der Waals surface area contributed by atoms with Gasteiger partial charge in [-0.05, 0) is 24.3 Å². The number of anilines is 2. The molecule has 0 saturated heterocycles. The number of aromatic nitrogens is 2. The number of nitrogens with zero attached hydrogens (tertiary/aromatic N) is 2. The first kappa shape index (κ1) is 12.8. The third kappa shape index (κ3) is 3.18. The van der Waals surface area contributed by atoms with Gasteiger partial charge in [-0.2, -0.15) is 0 Å². The molecule has 0 atom stereocenters. The third-order valence-corrected chi connectivity index (χ3v) is 3.46. The van der Waals surface area contributed by atoms with Crippen molar-refractivity contribution < 1.29 is 8.42 Å². The van der Waals surface area contributed by atoms with E-state index in [9.17, 15) is 8.42 Å². The number of rotatable bonds is 3. The molecule has 7 heteroatoms. The molecule has 1 aromatic carbocycles. The van der Waals surface area contributed by atoms with Crippen molar-refractivity contribution in [3.05, 3.63) is 41.7 Å². The molecular weight excluding hydrogens is 274 g/mol. The molecule has 0 fully saturated rings. The molecule has 1 heterocycles. The third-order valence-electron chi connectivity index (χ3n) is 2.14. The van der Waals surface area contributed by atoms with Crippen LogP contribution < -0.4 is 5.32 Å². The Balaban J connectivity index is 2.30. The van der Waals surface area contributed by atoms with Crippen molar-refractivity contribution in [2.24, 2.45) is 0 Å². The van der Waals surface area contributed by atoms with Crippen molar-refractivity contribution in [3.8, 4) is 0 Å². The van der Waals surface area contributed by atoms with Gasteiger partial charge in [0, 0.05) is 18.1 Å². The van der Waals surface area contributed by atoms with Crippen molar-refractivity contribution in [2.45, 2.75) is 4.90 Å². The summed E-state index contributed by atoms with van der Waals surface area (Å²) in [6.07, 6.45) is 2.67. The first-order chi connectivity index (χ1) is 8.45. The van der Waals surface area contributed by atoms with E-state index in [0.717, 1.165) is 6.26 Å². The molecule has 18 heavy (non-hydrogen) atoms. The Kier molecular flexibility index (Phi) is 3.49. The highest BCUT2D eigenvalue weighted by molar-refractivity contribution is 7.90. The lowest BCUT2D eigenvalue weighted by Crippen LogP contribution is -2.00. The van der Waals surface area contributed by atoms with Gasteiger partial charge in [0.1, 0.15) is 5.15 Å². The molecule has 0 aliphatic heterocycles.